The van der Waals surface area contributed by atoms with E-state index in [0.717, 1.165) is 11.3 Å². The number of aromatic nitrogens is 1. The van der Waals surface area contributed by atoms with Gasteiger partial charge in [0.1, 0.15) is 11.0 Å². The lowest BCUT2D eigenvalue weighted by Crippen LogP contribution is -2.38. The molecule has 1 saturated carbocycles. The lowest BCUT2D eigenvalue weighted by atomic mass is 9.89. The van der Waals surface area contributed by atoms with E-state index in [0.29, 0.717) is 24.0 Å². The van der Waals surface area contributed by atoms with E-state index in [-0.39, 0.29) is 5.91 Å². The zero-order valence-corrected chi connectivity index (χ0v) is 14.5. The first kappa shape index (κ1) is 17.2. The van der Waals surface area contributed by atoms with Crippen LogP contribution in [-0.4, -0.2) is 27.1 Å². The van der Waals surface area contributed by atoms with Gasteiger partial charge < -0.3 is 9.84 Å². The highest BCUT2D eigenvalue weighted by Gasteiger charge is 2.23. The second kappa shape index (κ2) is 7.90. The Hall–Kier alpha value is -1.17. The fourth-order valence-electron chi connectivity index (χ4n) is 2.87. The van der Waals surface area contributed by atoms with Crippen molar-refractivity contribution >= 4 is 16.7 Å². The van der Waals surface area contributed by atoms with Crippen molar-refractivity contribution in [2.45, 2.75) is 63.9 Å². The number of rotatable bonds is 6. The highest BCUT2D eigenvalue weighted by Crippen LogP contribution is 2.23. The van der Waals surface area contributed by atoms with Crippen molar-refractivity contribution in [2.75, 3.05) is 6.54 Å². The number of hydrogen-bond acceptors (Lipinski definition) is 4. The standard InChI is InChI=1S/C16H26N2O3S/c1-11-15(12(2)21-18-11)10-22(20)13(3)16(19)17-9-14-7-5-4-6-8-14/h13-14H,4-10H2,1-3H3,(H,17,19)/t13-,22+/m0/s1. The van der Waals surface area contributed by atoms with Crippen molar-refractivity contribution in [3.05, 3.63) is 17.0 Å². The molecule has 1 fully saturated rings. The molecule has 0 unspecified atom stereocenters. The Morgan fingerprint density at radius 2 is 2.05 bits per heavy atom. The molecule has 0 aromatic carbocycles. The smallest absolute Gasteiger partial charge is 0.235 e. The molecule has 0 bridgehead atoms. The number of aryl methyl sites for hydroxylation is 2. The molecule has 1 aliphatic carbocycles. The molecule has 0 spiro atoms. The van der Waals surface area contributed by atoms with Gasteiger partial charge in [0, 0.05) is 22.9 Å². The maximum Gasteiger partial charge on any atom is 0.235 e. The van der Waals surface area contributed by atoms with Crippen molar-refractivity contribution in [2.24, 2.45) is 5.92 Å². The number of amides is 1. The van der Waals surface area contributed by atoms with Gasteiger partial charge in [0.2, 0.25) is 5.91 Å². The normalized spacial score (nSPS) is 18.9. The number of nitrogens with one attached hydrogen (secondary N) is 1. The van der Waals surface area contributed by atoms with Gasteiger partial charge in [0.25, 0.3) is 0 Å². The van der Waals surface area contributed by atoms with Crippen LogP contribution in [0.3, 0.4) is 0 Å². The second-order valence-electron chi connectivity index (χ2n) is 6.22. The fraction of sp³-hybridized carbons (Fsp3) is 0.750. The molecule has 124 valence electrons. The minimum Gasteiger partial charge on any atom is -0.361 e. The number of carbonyl (C=O) groups excluding carboxylic acids is 1. The summed E-state index contributed by atoms with van der Waals surface area (Å²) in [6.07, 6.45) is 6.21. The molecular weight excluding hydrogens is 300 g/mol. The molecule has 1 N–H and O–H groups in total. The third-order valence-corrected chi connectivity index (χ3v) is 6.10. The van der Waals surface area contributed by atoms with Gasteiger partial charge in [-0.3, -0.25) is 9.00 Å². The number of nitrogens with zero attached hydrogens (tertiary/aromatic N) is 1. The average molecular weight is 326 g/mol. The Bertz CT molecular complexity index is 516. The Labute approximate surface area is 134 Å². The van der Waals surface area contributed by atoms with Gasteiger partial charge in [0.05, 0.1) is 11.4 Å². The summed E-state index contributed by atoms with van der Waals surface area (Å²) in [5.74, 6) is 1.47. The summed E-state index contributed by atoms with van der Waals surface area (Å²) in [4.78, 5) is 12.2. The number of hydrogen-bond donors (Lipinski definition) is 1. The number of carbonyl (C=O) groups is 1. The quantitative estimate of drug-likeness (QED) is 0.872. The van der Waals surface area contributed by atoms with Gasteiger partial charge in [-0.15, -0.1) is 0 Å². The summed E-state index contributed by atoms with van der Waals surface area (Å²) < 4.78 is 17.5. The molecule has 2 atom stereocenters. The Morgan fingerprint density at radius 3 is 2.64 bits per heavy atom. The maximum atomic E-state index is 12.4. The third kappa shape index (κ3) is 4.41. The minimum atomic E-state index is -1.26. The van der Waals surface area contributed by atoms with Crippen LogP contribution in [0, 0.1) is 19.8 Å². The summed E-state index contributed by atoms with van der Waals surface area (Å²) in [7, 11) is -1.26. The summed E-state index contributed by atoms with van der Waals surface area (Å²) in [6.45, 7) is 6.08. The van der Waals surface area contributed by atoms with Crippen molar-refractivity contribution in [3.8, 4) is 0 Å². The average Bonchev–Trinajstić information content (AvgIpc) is 2.84. The van der Waals surface area contributed by atoms with Crippen LogP contribution < -0.4 is 5.32 Å². The van der Waals surface area contributed by atoms with Gasteiger partial charge in [0.15, 0.2) is 0 Å². The topological polar surface area (TPSA) is 72.2 Å². The summed E-state index contributed by atoms with van der Waals surface area (Å²) >= 11 is 0. The van der Waals surface area contributed by atoms with E-state index in [1.807, 2.05) is 6.92 Å². The first-order chi connectivity index (χ1) is 10.5. The van der Waals surface area contributed by atoms with E-state index >= 15 is 0 Å². The van der Waals surface area contributed by atoms with Crippen LogP contribution in [0.25, 0.3) is 0 Å². The second-order valence-corrected chi connectivity index (χ2v) is 7.98. The van der Waals surface area contributed by atoms with Crippen LogP contribution in [-0.2, 0) is 21.3 Å². The van der Waals surface area contributed by atoms with E-state index in [2.05, 4.69) is 10.5 Å². The molecule has 1 aromatic rings. The molecule has 0 aliphatic heterocycles. The van der Waals surface area contributed by atoms with Crippen LogP contribution >= 0.6 is 0 Å². The zero-order chi connectivity index (χ0) is 16.1. The highest BCUT2D eigenvalue weighted by molar-refractivity contribution is 7.85. The summed E-state index contributed by atoms with van der Waals surface area (Å²) in [5, 5.41) is 6.32. The van der Waals surface area contributed by atoms with Crippen molar-refractivity contribution in [1.29, 1.82) is 0 Å². The molecule has 22 heavy (non-hydrogen) atoms. The maximum absolute atomic E-state index is 12.4. The Balaban J connectivity index is 1.83. The van der Waals surface area contributed by atoms with Crippen molar-refractivity contribution in [1.82, 2.24) is 10.5 Å². The first-order valence-electron chi connectivity index (χ1n) is 8.05. The SMILES string of the molecule is Cc1noc(C)c1C[S@@](=O)[C@@H](C)C(=O)NCC1CCCCC1. The van der Waals surface area contributed by atoms with Crippen molar-refractivity contribution in [3.63, 3.8) is 0 Å². The first-order valence-corrected chi connectivity index (χ1v) is 9.44. The lowest BCUT2D eigenvalue weighted by molar-refractivity contribution is -0.120. The third-order valence-electron chi connectivity index (χ3n) is 4.52. The van der Waals surface area contributed by atoms with Gasteiger partial charge in [-0.25, -0.2) is 0 Å². The monoisotopic (exact) mass is 326 g/mol. The molecule has 1 amide bonds. The van der Waals surface area contributed by atoms with Crippen LogP contribution in [0.2, 0.25) is 0 Å². The molecule has 2 rings (SSSR count). The van der Waals surface area contributed by atoms with Crippen LogP contribution in [0.4, 0.5) is 0 Å². The largest absolute Gasteiger partial charge is 0.361 e. The van der Waals surface area contributed by atoms with Crippen LogP contribution in [0.15, 0.2) is 4.52 Å². The van der Waals surface area contributed by atoms with E-state index < -0.39 is 16.0 Å². The van der Waals surface area contributed by atoms with Crippen LogP contribution in [0.5, 0.6) is 0 Å². The van der Waals surface area contributed by atoms with Crippen molar-refractivity contribution < 1.29 is 13.5 Å². The Kier molecular flexibility index (Phi) is 6.17. The minimum absolute atomic E-state index is 0.115. The van der Waals surface area contributed by atoms with E-state index in [1.54, 1.807) is 13.8 Å². The molecule has 6 heteroatoms. The van der Waals surface area contributed by atoms with Gasteiger partial charge in [-0.2, -0.15) is 0 Å². The van der Waals surface area contributed by atoms with E-state index in [4.69, 9.17) is 4.52 Å². The summed E-state index contributed by atoms with van der Waals surface area (Å²) in [6, 6.07) is 0. The Morgan fingerprint density at radius 1 is 1.36 bits per heavy atom. The molecule has 0 saturated heterocycles. The molecule has 1 aromatic heterocycles. The van der Waals surface area contributed by atoms with Gasteiger partial charge >= 0.3 is 0 Å². The molecule has 1 heterocycles. The lowest BCUT2D eigenvalue weighted by Gasteiger charge is -2.22. The molecule has 0 radical (unpaired) electrons. The predicted molar refractivity (Wildman–Crippen MR) is 86.9 cm³/mol. The molecule has 1 aliphatic rings. The highest BCUT2D eigenvalue weighted by atomic mass is 32.2. The fourth-order valence-corrected chi connectivity index (χ4v) is 4.14. The summed E-state index contributed by atoms with van der Waals surface area (Å²) in [5.41, 5.74) is 1.60. The van der Waals surface area contributed by atoms with Crippen LogP contribution in [0.1, 0.15) is 56.0 Å². The predicted octanol–water partition coefficient (Wildman–Crippen LogP) is 2.63. The molecular formula is C16H26N2O3S. The zero-order valence-electron chi connectivity index (χ0n) is 13.7. The molecule has 5 nitrogen and oxygen atoms in total. The van der Waals surface area contributed by atoms with E-state index in [1.165, 1.54) is 32.1 Å². The van der Waals surface area contributed by atoms with E-state index in [9.17, 15) is 9.00 Å². The van der Waals surface area contributed by atoms with Gasteiger partial charge in [-0.1, -0.05) is 24.4 Å². The van der Waals surface area contributed by atoms with Gasteiger partial charge in [-0.05, 0) is 39.5 Å².